The summed E-state index contributed by atoms with van der Waals surface area (Å²) in [5.41, 5.74) is 0.725. The van der Waals surface area contributed by atoms with Gasteiger partial charge in [0.05, 0.1) is 23.3 Å². The summed E-state index contributed by atoms with van der Waals surface area (Å²) in [7, 11) is 1.56. The maximum atomic E-state index is 10.6. The first-order chi connectivity index (χ1) is 9.63. The molecule has 2 rings (SSSR count). The highest BCUT2D eigenvalue weighted by molar-refractivity contribution is 6.34. The van der Waals surface area contributed by atoms with Gasteiger partial charge in [0.2, 0.25) is 0 Å². The van der Waals surface area contributed by atoms with Crippen LogP contribution in [0.2, 0.25) is 10.0 Å². The Kier molecular flexibility index (Phi) is 6.01. The Bertz CT molecular complexity index is 440. The molecule has 0 amide bonds. The minimum Gasteiger partial charge on any atom is -0.495 e. The van der Waals surface area contributed by atoms with Gasteiger partial charge in [-0.1, -0.05) is 55.3 Å². The monoisotopic (exact) mass is 316 g/mol. The fraction of sp³-hybridized carbons (Fsp3) is 0.625. The van der Waals surface area contributed by atoms with Crippen LogP contribution in [0.25, 0.3) is 0 Å². The largest absolute Gasteiger partial charge is 0.495 e. The van der Waals surface area contributed by atoms with Crippen molar-refractivity contribution in [3.05, 3.63) is 27.7 Å². The van der Waals surface area contributed by atoms with Gasteiger partial charge in [0.1, 0.15) is 5.75 Å². The first-order valence-electron chi connectivity index (χ1n) is 7.34. The minimum atomic E-state index is -0.538. The summed E-state index contributed by atoms with van der Waals surface area (Å²) >= 11 is 12.4. The molecule has 1 aromatic carbocycles. The Hall–Kier alpha value is -0.440. The summed E-state index contributed by atoms with van der Waals surface area (Å²) in [6.07, 6.45) is 7.79. The molecule has 4 heteroatoms. The van der Waals surface area contributed by atoms with Crippen molar-refractivity contribution in [3.63, 3.8) is 0 Å². The summed E-state index contributed by atoms with van der Waals surface area (Å²) in [6, 6.07) is 3.43. The fourth-order valence-corrected chi connectivity index (χ4v) is 3.50. The number of methoxy groups -OCH3 is 1. The summed E-state index contributed by atoms with van der Waals surface area (Å²) in [4.78, 5) is 0. The minimum absolute atomic E-state index is 0.275. The highest BCUT2D eigenvalue weighted by atomic mass is 35.5. The molecule has 1 aromatic rings. The molecule has 2 nitrogen and oxygen atoms in total. The predicted molar refractivity (Wildman–Crippen MR) is 83.8 cm³/mol. The Morgan fingerprint density at radius 1 is 1.05 bits per heavy atom. The molecule has 1 unspecified atom stereocenters. The second-order valence-electron chi connectivity index (χ2n) is 5.56. The third kappa shape index (κ3) is 3.81. The van der Waals surface area contributed by atoms with Crippen LogP contribution in [-0.2, 0) is 0 Å². The van der Waals surface area contributed by atoms with Crippen molar-refractivity contribution in [2.75, 3.05) is 7.11 Å². The van der Waals surface area contributed by atoms with Gasteiger partial charge >= 0.3 is 0 Å². The summed E-state index contributed by atoms with van der Waals surface area (Å²) in [5, 5.41) is 11.7. The third-order valence-corrected chi connectivity index (χ3v) is 4.81. The average molecular weight is 317 g/mol. The lowest BCUT2D eigenvalue weighted by Crippen LogP contribution is -2.15. The van der Waals surface area contributed by atoms with Gasteiger partial charge in [0.15, 0.2) is 0 Å². The van der Waals surface area contributed by atoms with Crippen LogP contribution in [0.3, 0.4) is 0 Å². The van der Waals surface area contributed by atoms with Gasteiger partial charge in [-0.25, -0.2) is 0 Å². The number of hydrogen-bond donors (Lipinski definition) is 1. The molecule has 0 spiro atoms. The van der Waals surface area contributed by atoms with Crippen molar-refractivity contribution < 1.29 is 9.84 Å². The lowest BCUT2D eigenvalue weighted by atomic mass is 9.84. The van der Waals surface area contributed by atoms with E-state index in [1.807, 2.05) is 0 Å². The van der Waals surface area contributed by atoms with E-state index in [2.05, 4.69) is 0 Å². The Morgan fingerprint density at radius 3 is 2.25 bits per heavy atom. The zero-order valence-electron chi connectivity index (χ0n) is 11.9. The molecule has 1 aliphatic carbocycles. The van der Waals surface area contributed by atoms with Gasteiger partial charge in [0.25, 0.3) is 0 Å². The van der Waals surface area contributed by atoms with E-state index >= 15 is 0 Å². The van der Waals surface area contributed by atoms with Crippen LogP contribution >= 0.6 is 23.2 Å². The molecular formula is C16H22Cl2O2. The maximum Gasteiger partial charge on any atom is 0.138 e. The van der Waals surface area contributed by atoms with Crippen molar-refractivity contribution >= 4 is 23.2 Å². The predicted octanol–water partition coefficient (Wildman–Crippen LogP) is 5.40. The Morgan fingerprint density at radius 2 is 1.65 bits per heavy atom. The molecule has 1 aliphatic rings. The molecular weight excluding hydrogens is 295 g/mol. The first kappa shape index (κ1) is 15.9. The van der Waals surface area contributed by atoms with E-state index in [1.165, 1.54) is 32.1 Å². The number of ether oxygens (including phenoxy) is 1. The molecule has 1 fully saturated rings. The molecule has 0 bridgehead atoms. The molecule has 0 saturated heterocycles. The fourth-order valence-electron chi connectivity index (χ4n) is 2.98. The van der Waals surface area contributed by atoms with E-state index in [0.717, 1.165) is 18.4 Å². The topological polar surface area (TPSA) is 29.5 Å². The van der Waals surface area contributed by atoms with Crippen LogP contribution in [0.4, 0.5) is 0 Å². The standard InChI is InChI=1S/C16H22Cl2O2/c1-20-15-10-13(17)12(9-14(15)18)16(19)11-7-5-3-2-4-6-8-11/h9-11,16,19H,2-8H2,1H3. The number of rotatable bonds is 3. The summed E-state index contributed by atoms with van der Waals surface area (Å²) in [5.74, 6) is 0.822. The number of halogens is 2. The van der Waals surface area contributed by atoms with Crippen LogP contribution < -0.4 is 4.74 Å². The van der Waals surface area contributed by atoms with Gasteiger partial charge in [-0.3, -0.25) is 0 Å². The third-order valence-electron chi connectivity index (χ3n) is 4.19. The molecule has 0 heterocycles. The van der Waals surface area contributed by atoms with E-state index in [9.17, 15) is 5.11 Å². The Balaban J connectivity index is 2.18. The highest BCUT2D eigenvalue weighted by Gasteiger charge is 2.24. The van der Waals surface area contributed by atoms with Crippen molar-refractivity contribution in [2.45, 2.75) is 51.0 Å². The summed E-state index contributed by atoms with van der Waals surface area (Å²) in [6.45, 7) is 0. The van der Waals surface area contributed by atoms with Crippen LogP contribution in [0.5, 0.6) is 5.75 Å². The van der Waals surface area contributed by atoms with Crippen LogP contribution in [0, 0.1) is 5.92 Å². The zero-order chi connectivity index (χ0) is 14.5. The van der Waals surface area contributed by atoms with Crippen LogP contribution in [-0.4, -0.2) is 12.2 Å². The summed E-state index contributed by atoms with van der Waals surface area (Å²) < 4.78 is 5.14. The second-order valence-corrected chi connectivity index (χ2v) is 6.37. The van der Waals surface area contributed by atoms with Crippen molar-refractivity contribution in [1.29, 1.82) is 0 Å². The number of aliphatic hydroxyl groups is 1. The molecule has 1 saturated carbocycles. The molecule has 20 heavy (non-hydrogen) atoms. The normalized spacial score (nSPS) is 19.2. The van der Waals surface area contributed by atoms with Crippen LogP contribution in [0.1, 0.15) is 56.6 Å². The van der Waals surface area contributed by atoms with Crippen LogP contribution in [0.15, 0.2) is 12.1 Å². The highest BCUT2D eigenvalue weighted by Crippen LogP contribution is 2.39. The average Bonchev–Trinajstić information content (AvgIpc) is 2.40. The lowest BCUT2D eigenvalue weighted by molar-refractivity contribution is 0.0913. The van der Waals surface area contributed by atoms with E-state index in [0.29, 0.717) is 15.8 Å². The quantitative estimate of drug-likeness (QED) is 0.809. The number of benzene rings is 1. The molecule has 1 atom stereocenters. The molecule has 1 N–H and O–H groups in total. The zero-order valence-corrected chi connectivity index (χ0v) is 13.4. The number of aliphatic hydroxyl groups excluding tert-OH is 1. The van der Waals surface area contributed by atoms with Gasteiger partial charge in [-0.05, 0) is 24.8 Å². The lowest BCUT2D eigenvalue weighted by Gasteiger charge is -2.26. The SMILES string of the molecule is COc1cc(Cl)c(C(O)C2CCCCCCC2)cc1Cl. The molecule has 112 valence electrons. The van der Waals surface area contributed by atoms with Gasteiger partial charge in [0, 0.05) is 11.6 Å². The Labute approximate surface area is 131 Å². The smallest absolute Gasteiger partial charge is 0.138 e. The second kappa shape index (κ2) is 7.53. The van der Waals surface area contributed by atoms with E-state index in [-0.39, 0.29) is 5.92 Å². The number of hydrogen-bond acceptors (Lipinski definition) is 2. The van der Waals surface area contributed by atoms with Crippen molar-refractivity contribution in [2.24, 2.45) is 5.92 Å². The van der Waals surface area contributed by atoms with Crippen molar-refractivity contribution in [1.82, 2.24) is 0 Å². The maximum absolute atomic E-state index is 10.6. The molecule has 0 aromatic heterocycles. The van der Waals surface area contributed by atoms with E-state index < -0.39 is 6.10 Å². The van der Waals surface area contributed by atoms with Gasteiger partial charge in [-0.15, -0.1) is 0 Å². The van der Waals surface area contributed by atoms with Crippen molar-refractivity contribution in [3.8, 4) is 5.75 Å². The van der Waals surface area contributed by atoms with Gasteiger partial charge < -0.3 is 9.84 Å². The van der Waals surface area contributed by atoms with E-state index in [4.69, 9.17) is 27.9 Å². The first-order valence-corrected chi connectivity index (χ1v) is 8.10. The van der Waals surface area contributed by atoms with E-state index in [1.54, 1.807) is 19.2 Å². The molecule has 0 radical (unpaired) electrons. The van der Waals surface area contributed by atoms with Gasteiger partial charge in [-0.2, -0.15) is 0 Å². The molecule has 0 aliphatic heterocycles.